The van der Waals surface area contributed by atoms with Gasteiger partial charge in [0.1, 0.15) is 31.0 Å². The quantitative estimate of drug-likeness (QED) is 0.122. The fourth-order valence-corrected chi connectivity index (χ4v) is 7.78. The number of alkyl halides is 3. The number of benzene rings is 2. The Hall–Kier alpha value is -5.00. The molecule has 2 aliphatic rings. The maximum atomic E-state index is 14.2. The topological polar surface area (TPSA) is 166 Å². The van der Waals surface area contributed by atoms with E-state index in [2.05, 4.69) is 15.3 Å². The molecular weight excluding hydrogens is 781 g/mol. The molecule has 3 aromatic heterocycles. The minimum absolute atomic E-state index is 0.0118. The number of furan rings is 1. The highest BCUT2D eigenvalue weighted by molar-refractivity contribution is 6.30. The van der Waals surface area contributed by atoms with E-state index >= 15 is 0 Å². The maximum Gasteiger partial charge on any atom is 0.405 e. The van der Waals surface area contributed by atoms with Crippen LogP contribution in [0, 0.1) is 5.92 Å². The normalized spacial score (nSPS) is 20.2. The average molecular weight is 825 g/mol. The number of carbonyl (C=O) groups is 2. The van der Waals surface area contributed by atoms with E-state index in [0.29, 0.717) is 45.7 Å². The van der Waals surface area contributed by atoms with Crippen LogP contribution in [0.15, 0.2) is 88.3 Å². The van der Waals surface area contributed by atoms with Crippen molar-refractivity contribution in [2.75, 3.05) is 39.3 Å². The standard InChI is InChI=1S/C41H44ClF3N6O7/c1-40(2,39-47-18-34(58-39)24-7-9-27(42)10-8-24)51-14-13-50(31(20-51)38(55)48-23-41(43,44)45)19-28(52)16-25(15-26-21-56-35-17-46-12-11-29(26)35)37(54)49-36-30-5-3-4-6-33(30)57-22-32(36)53/h3-12,17-18,21,25,28,31-32,36,52-53H,13-16,19-20,22-23H2,1-2H3,(H,48,55)(H,49,54)/t25-,28+,31+,32-,36?/m1/s1. The molecule has 4 N–H and O–H groups in total. The van der Waals surface area contributed by atoms with Crippen molar-refractivity contribution in [1.82, 2.24) is 30.4 Å². The molecule has 0 spiro atoms. The average Bonchev–Trinajstić information content (AvgIpc) is 3.87. The van der Waals surface area contributed by atoms with Gasteiger partial charge in [0.05, 0.1) is 36.3 Å². The highest BCUT2D eigenvalue weighted by Crippen LogP contribution is 2.35. The molecule has 2 aliphatic heterocycles. The SMILES string of the molecule is CC(C)(c1ncc(-c2ccc(Cl)cc2)o1)N1CCN(C[C@@H](O)C[C@@H](Cc2coc3cnccc23)C(=O)NC2c3ccccc3OC[C@H]2O)[C@H](C(=O)NCC(F)(F)F)C1. The Kier molecular flexibility index (Phi) is 12.1. The number of carbonyl (C=O) groups excluding carboxylic acids is 2. The van der Waals surface area contributed by atoms with Crippen LogP contribution in [0.1, 0.15) is 43.3 Å². The highest BCUT2D eigenvalue weighted by Gasteiger charge is 2.43. The van der Waals surface area contributed by atoms with Gasteiger partial charge in [0.2, 0.25) is 17.7 Å². The summed E-state index contributed by atoms with van der Waals surface area (Å²) in [5.41, 5.74) is 1.68. The van der Waals surface area contributed by atoms with Gasteiger partial charge in [-0.15, -0.1) is 0 Å². The highest BCUT2D eigenvalue weighted by atomic mass is 35.5. The Morgan fingerprint density at radius 3 is 2.62 bits per heavy atom. The van der Waals surface area contributed by atoms with Crippen LogP contribution in [0.3, 0.4) is 0 Å². The van der Waals surface area contributed by atoms with Crippen molar-refractivity contribution in [2.24, 2.45) is 5.92 Å². The van der Waals surface area contributed by atoms with E-state index in [1.165, 1.54) is 6.26 Å². The lowest BCUT2D eigenvalue weighted by Gasteiger charge is -2.46. The van der Waals surface area contributed by atoms with Gasteiger partial charge in [-0.05, 0) is 68.7 Å². The zero-order valence-corrected chi connectivity index (χ0v) is 32.5. The number of piperazine rings is 1. The summed E-state index contributed by atoms with van der Waals surface area (Å²) in [6, 6.07) is 14.0. The van der Waals surface area contributed by atoms with Gasteiger partial charge in [-0.1, -0.05) is 29.8 Å². The molecule has 7 rings (SSSR count). The van der Waals surface area contributed by atoms with Gasteiger partial charge >= 0.3 is 6.18 Å². The molecule has 1 fully saturated rings. The predicted octanol–water partition coefficient (Wildman–Crippen LogP) is 5.26. The third kappa shape index (κ3) is 9.31. The van der Waals surface area contributed by atoms with Crippen LogP contribution in [0.25, 0.3) is 22.3 Å². The molecule has 5 heterocycles. The smallest absolute Gasteiger partial charge is 0.405 e. The molecule has 2 aromatic carbocycles. The molecule has 308 valence electrons. The molecule has 0 bridgehead atoms. The second-order valence-electron chi connectivity index (χ2n) is 15.2. The zero-order valence-electron chi connectivity index (χ0n) is 31.8. The van der Waals surface area contributed by atoms with Crippen LogP contribution in [0.2, 0.25) is 5.02 Å². The number of β-amino-alcohol motifs (C(OH)–C–C–N with tert-alkyl or cyclic N) is 1. The predicted molar refractivity (Wildman–Crippen MR) is 207 cm³/mol. The van der Waals surface area contributed by atoms with Crippen LogP contribution in [0.4, 0.5) is 13.2 Å². The number of fused-ring (bicyclic) bond motifs is 2. The number of aliphatic hydroxyl groups excluding tert-OH is 2. The molecule has 1 saturated heterocycles. The summed E-state index contributed by atoms with van der Waals surface area (Å²) >= 11 is 6.05. The van der Waals surface area contributed by atoms with E-state index in [1.54, 1.807) is 78.1 Å². The van der Waals surface area contributed by atoms with Crippen molar-refractivity contribution in [3.05, 3.63) is 101 Å². The number of oxazole rings is 1. The number of ether oxygens (including phenoxy) is 1. The van der Waals surface area contributed by atoms with Crippen molar-refractivity contribution in [3.8, 4) is 17.1 Å². The first kappa shape index (κ1) is 41.2. The molecular formula is C41H44ClF3N6O7. The molecule has 13 nitrogen and oxygen atoms in total. The molecule has 17 heteroatoms. The Labute approximate surface area is 337 Å². The van der Waals surface area contributed by atoms with Gasteiger partial charge in [0, 0.05) is 59.8 Å². The number of nitrogens with one attached hydrogen (secondary N) is 2. The Morgan fingerprint density at radius 1 is 1.07 bits per heavy atom. The molecule has 58 heavy (non-hydrogen) atoms. The first-order chi connectivity index (χ1) is 27.7. The summed E-state index contributed by atoms with van der Waals surface area (Å²) in [4.78, 5) is 39.9. The van der Waals surface area contributed by atoms with Crippen molar-refractivity contribution in [2.45, 2.75) is 62.7 Å². The van der Waals surface area contributed by atoms with Crippen LogP contribution in [-0.4, -0.2) is 106 Å². The Bertz CT molecular complexity index is 2210. The lowest BCUT2D eigenvalue weighted by atomic mass is 9.90. The number of hydrogen-bond donors (Lipinski definition) is 4. The second-order valence-corrected chi connectivity index (χ2v) is 15.6. The fraction of sp³-hybridized carbons (Fsp3) is 0.415. The third-order valence-corrected chi connectivity index (χ3v) is 11.1. The van der Waals surface area contributed by atoms with Crippen molar-refractivity contribution < 1.29 is 46.5 Å². The first-order valence-corrected chi connectivity index (χ1v) is 19.3. The molecule has 0 saturated carbocycles. The first-order valence-electron chi connectivity index (χ1n) is 18.9. The van der Waals surface area contributed by atoms with E-state index in [9.17, 15) is 33.0 Å². The third-order valence-electron chi connectivity index (χ3n) is 10.8. The summed E-state index contributed by atoms with van der Waals surface area (Å²) < 4.78 is 57.4. The number of aliphatic hydroxyl groups is 2. The number of amides is 2. The lowest BCUT2D eigenvalue weighted by molar-refractivity contribution is -0.144. The van der Waals surface area contributed by atoms with E-state index in [0.717, 1.165) is 10.9 Å². The Morgan fingerprint density at radius 2 is 1.84 bits per heavy atom. The van der Waals surface area contributed by atoms with Crippen LogP contribution in [0.5, 0.6) is 5.75 Å². The van der Waals surface area contributed by atoms with Crippen molar-refractivity contribution in [3.63, 3.8) is 0 Å². The molecule has 0 aliphatic carbocycles. The fourth-order valence-electron chi connectivity index (χ4n) is 7.65. The molecule has 2 amide bonds. The lowest BCUT2D eigenvalue weighted by Crippen LogP contribution is -2.63. The summed E-state index contributed by atoms with van der Waals surface area (Å²) in [6.07, 6.45) is -0.547. The summed E-state index contributed by atoms with van der Waals surface area (Å²) in [7, 11) is 0. The number of halogens is 4. The Balaban J connectivity index is 1.10. The van der Waals surface area contributed by atoms with Gasteiger partial charge in [0.25, 0.3) is 0 Å². The van der Waals surface area contributed by atoms with E-state index < -0.39 is 60.3 Å². The molecule has 5 aromatic rings. The number of para-hydroxylation sites is 1. The number of aromatic nitrogens is 2. The number of nitrogens with zero attached hydrogens (tertiary/aromatic N) is 4. The number of pyridine rings is 1. The van der Waals surface area contributed by atoms with Gasteiger partial charge < -0.3 is 34.4 Å². The number of rotatable bonds is 13. The van der Waals surface area contributed by atoms with Crippen LogP contribution < -0.4 is 15.4 Å². The minimum atomic E-state index is -4.64. The monoisotopic (exact) mass is 824 g/mol. The maximum absolute atomic E-state index is 14.2. The van der Waals surface area contributed by atoms with Crippen molar-refractivity contribution >= 4 is 34.4 Å². The van der Waals surface area contributed by atoms with Crippen molar-refractivity contribution in [1.29, 1.82) is 0 Å². The second kappa shape index (κ2) is 17.1. The number of hydrogen-bond acceptors (Lipinski definition) is 11. The molecule has 5 atom stereocenters. The van der Waals surface area contributed by atoms with Crippen LogP contribution >= 0.6 is 11.6 Å². The van der Waals surface area contributed by atoms with E-state index in [1.807, 2.05) is 24.1 Å². The van der Waals surface area contributed by atoms with E-state index in [-0.39, 0.29) is 39.1 Å². The molecule has 0 radical (unpaired) electrons. The van der Waals surface area contributed by atoms with E-state index in [4.69, 9.17) is 25.2 Å². The minimum Gasteiger partial charge on any atom is -0.490 e. The molecule has 1 unspecified atom stereocenters. The van der Waals surface area contributed by atoms with Gasteiger partial charge in [-0.25, -0.2) is 4.98 Å². The summed E-state index contributed by atoms with van der Waals surface area (Å²) in [6.45, 7) is 2.55. The zero-order chi connectivity index (χ0) is 41.2. The van der Waals surface area contributed by atoms with Gasteiger partial charge in [-0.2, -0.15) is 13.2 Å². The van der Waals surface area contributed by atoms with Gasteiger partial charge in [-0.3, -0.25) is 24.4 Å². The van der Waals surface area contributed by atoms with Crippen LogP contribution in [-0.2, 0) is 21.5 Å². The summed E-state index contributed by atoms with van der Waals surface area (Å²) in [5.74, 6) is -0.796. The van der Waals surface area contributed by atoms with Gasteiger partial charge in [0.15, 0.2) is 11.3 Å². The summed E-state index contributed by atoms with van der Waals surface area (Å²) in [5, 5.41) is 28.9. The largest absolute Gasteiger partial charge is 0.490 e.